The summed E-state index contributed by atoms with van der Waals surface area (Å²) < 4.78 is 36.4. The first-order valence-electron chi connectivity index (χ1n) is 10.3. The maximum Gasteiger partial charge on any atom is 0.321 e. The molecule has 0 aliphatic carbocycles. The molecule has 34 heavy (non-hydrogen) atoms. The molecule has 0 unspecified atom stereocenters. The van der Waals surface area contributed by atoms with Crippen LogP contribution in [0.4, 0.5) is 5.69 Å². The maximum atomic E-state index is 12.4. The first-order chi connectivity index (χ1) is 16.3. The molecule has 8 nitrogen and oxygen atoms in total. The van der Waals surface area contributed by atoms with Crippen molar-refractivity contribution in [2.75, 3.05) is 19.0 Å². The Morgan fingerprint density at radius 1 is 0.912 bits per heavy atom. The van der Waals surface area contributed by atoms with Crippen LogP contribution in [0.2, 0.25) is 0 Å². The van der Waals surface area contributed by atoms with Crippen molar-refractivity contribution in [3.63, 3.8) is 0 Å². The zero-order valence-electron chi connectivity index (χ0n) is 18.4. The van der Waals surface area contributed by atoms with Crippen LogP contribution < -0.4 is 14.8 Å². The number of nitrogens with one attached hydrogen (secondary N) is 2. The van der Waals surface area contributed by atoms with Gasteiger partial charge in [-0.2, -0.15) is 0 Å². The van der Waals surface area contributed by atoms with Gasteiger partial charge in [-0.05, 0) is 53.6 Å². The van der Waals surface area contributed by atoms with Gasteiger partial charge < -0.3 is 14.8 Å². The van der Waals surface area contributed by atoms with Crippen LogP contribution in [0.5, 0.6) is 5.75 Å². The number of ether oxygens (including phenoxy) is 2. The van der Waals surface area contributed by atoms with Crippen molar-refractivity contribution in [1.82, 2.24) is 4.72 Å². The highest BCUT2D eigenvalue weighted by molar-refractivity contribution is 7.92. The number of benzene rings is 3. The number of hydrogen-bond acceptors (Lipinski definition) is 6. The normalized spacial score (nSPS) is 11.2. The van der Waals surface area contributed by atoms with E-state index in [2.05, 4.69) is 10.0 Å². The lowest BCUT2D eigenvalue weighted by atomic mass is 10.1. The first-order valence-corrected chi connectivity index (χ1v) is 11.8. The summed E-state index contributed by atoms with van der Waals surface area (Å²) in [5.41, 5.74) is 2.44. The minimum atomic E-state index is -3.79. The third-order valence-electron chi connectivity index (χ3n) is 4.62. The van der Waals surface area contributed by atoms with Gasteiger partial charge in [0.2, 0.25) is 10.0 Å². The first kappa shape index (κ1) is 24.7. The summed E-state index contributed by atoms with van der Waals surface area (Å²) >= 11 is 0. The zero-order chi connectivity index (χ0) is 24.4. The van der Waals surface area contributed by atoms with Crippen LogP contribution >= 0.6 is 0 Å². The molecule has 0 aliphatic heterocycles. The summed E-state index contributed by atoms with van der Waals surface area (Å²) in [6.07, 6.45) is 1.43. The standard InChI is InChI=1S/C25H24N2O6S/c1-32-23-13-11-22(12-14-23)27-25(29)21-9-7-20(8-10-21)18-33-24(28)17-26-34(30,31)16-15-19-5-3-2-4-6-19/h2-16,26H,17-18H2,1H3,(H,27,29)/b16-15+. The minimum Gasteiger partial charge on any atom is -0.497 e. The molecule has 9 heteroatoms. The molecule has 3 aromatic rings. The van der Waals surface area contributed by atoms with Crippen molar-refractivity contribution < 1.29 is 27.5 Å². The average Bonchev–Trinajstić information content (AvgIpc) is 2.86. The van der Waals surface area contributed by atoms with Crippen LogP contribution in [0.15, 0.2) is 84.3 Å². The second-order valence-electron chi connectivity index (χ2n) is 7.12. The summed E-state index contributed by atoms with van der Waals surface area (Å²) in [5, 5.41) is 3.77. The van der Waals surface area contributed by atoms with E-state index in [-0.39, 0.29) is 12.5 Å². The van der Waals surface area contributed by atoms with Crippen LogP contribution in [0, 0.1) is 0 Å². The van der Waals surface area contributed by atoms with Gasteiger partial charge in [-0.3, -0.25) is 9.59 Å². The number of carbonyl (C=O) groups is 2. The van der Waals surface area contributed by atoms with E-state index < -0.39 is 22.5 Å². The molecule has 0 aliphatic rings. The summed E-state index contributed by atoms with van der Waals surface area (Å²) in [7, 11) is -2.22. The SMILES string of the molecule is COc1ccc(NC(=O)c2ccc(COC(=O)CNS(=O)(=O)/C=C/c3ccccc3)cc2)cc1. The Morgan fingerprint density at radius 2 is 1.59 bits per heavy atom. The number of methoxy groups -OCH3 is 1. The molecule has 3 aromatic carbocycles. The van der Waals surface area contributed by atoms with E-state index in [0.29, 0.717) is 22.6 Å². The number of anilines is 1. The van der Waals surface area contributed by atoms with Crippen molar-refractivity contribution >= 4 is 33.7 Å². The number of rotatable bonds is 10. The predicted molar refractivity (Wildman–Crippen MR) is 130 cm³/mol. The van der Waals surface area contributed by atoms with Gasteiger partial charge in [-0.1, -0.05) is 42.5 Å². The molecule has 0 saturated heterocycles. The van der Waals surface area contributed by atoms with Crippen molar-refractivity contribution in [3.8, 4) is 5.75 Å². The fourth-order valence-electron chi connectivity index (χ4n) is 2.78. The van der Waals surface area contributed by atoms with Crippen molar-refractivity contribution in [3.05, 3.63) is 101 Å². The highest BCUT2D eigenvalue weighted by Crippen LogP contribution is 2.16. The van der Waals surface area contributed by atoms with E-state index in [0.717, 1.165) is 11.0 Å². The third-order valence-corrected chi connectivity index (χ3v) is 5.66. The van der Waals surface area contributed by atoms with Gasteiger partial charge in [0.1, 0.15) is 18.9 Å². The molecule has 176 valence electrons. The van der Waals surface area contributed by atoms with Gasteiger partial charge >= 0.3 is 5.97 Å². The monoisotopic (exact) mass is 480 g/mol. The molecular weight excluding hydrogens is 456 g/mol. The van der Waals surface area contributed by atoms with E-state index in [4.69, 9.17) is 9.47 Å². The van der Waals surface area contributed by atoms with Crippen LogP contribution in [0.25, 0.3) is 6.08 Å². The van der Waals surface area contributed by atoms with Crippen molar-refractivity contribution in [2.24, 2.45) is 0 Å². The number of amides is 1. The third kappa shape index (κ3) is 7.88. The smallest absolute Gasteiger partial charge is 0.321 e. The second-order valence-corrected chi connectivity index (χ2v) is 8.77. The Balaban J connectivity index is 1.44. The number of hydrogen-bond donors (Lipinski definition) is 2. The largest absolute Gasteiger partial charge is 0.497 e. The molecule has 3 rings (SSSR count). The molecule has 1 amide bonds. The maximum absolute atomic E-state index is 12.4. The molecule has 2 N–H and O–H groups in total. The topological polar surface area (TPSA) is 111 Å². The van der Waals surface area contributed by atoms with Gasteiger partial charge in [-0.15, -0.1) is 0 Å². The Morgan fingerprint density at radius 3 is 2.24 bits per heavy atom. The summed E-state index contributed by atoms with van der Waals surface area (Å²) in [6.45, 7) is -0.551. The highest BCUT2D eigenvalue weighted by Gasteiger charge is 2.11. The minimum absolute atomic E-state index is 0.0548. The molecular formula is C25H24N2O6S. The quantitative estimate of drug-likeness (QED) is 0.429. The zero-order valence-corrected chi connectivity index (χ0v) is 19.2. The summed E-state index contributed by atoms with van der Waals surface area (Å²) in [5.74, 6) is -0.321. The van der Waals surface area contributed by atoms with E-state index >= 15 is 0 Å². The molecule has 0 bridgehead atoms. The lowest BCUT2D eigenvalue weighted by molar-refractivity contribution is -0.143. The van der Waals surface area contributed by atoms with Gasteiger partial charge in [0.25, 0.3) is 5.91 Å². The predicted octanol–water partition coefficient (Wildman–Crippen LogP) is 3.58. The molecule has 0 aromatic heterocycles. The van der Waals surface area contributed by atoms with Crippen molar-refractivity contribution in [1.29, 1.82) is 0 Å². The van der Waals surface area contributed by atoms with Gasteiger partial charge in [0.05, 0.1) is 7.11 Å². The van der Waals surface area contributed by atoms with Gasteiger partial charge in [0.15, 0.2) is 0 Å². The molecule has 0 heterocycles. The number of esters is 1. The molecule has 0 fully saturated rings. The average molecular weight is 481 g/mol. The Bertz CT molecular complexity index is 1240. The van der Waals surface area contributed by atoms with E-state index in [1.54, 1.807) is 79.9 Å². The number of carbonyl (C=O) groups excluding carboxylic acids is 2. The summed E-state index contributed by atoms with van der Waals surface area (Å²) in [4.78, 5) is 24.3. The molecule has 0 saturated carbocycles. The van der Waals surface area contributed by atoms with Crippen LogP contribution in [-0.2, 0) is 26.2 Å². The van der Waals surface area contributed by atoms with E-state index in [1.807, 2.05) is 6.07 Å². The molecule has 0 atom stereocenters. The number of sulfonamides is 1. The van der Waals surface area contributed by atoms with Gasteiger partial charge in [-0.25, -0.2) is 13.1 Å². The second kappa shape index (κ2) is 11.8. The Hall–Kier alpha value is -3.95. The van der Waals surface area contributed by atoms with Crippen LogP contribution in [-0.4, -0.2) is 33.9 Å². The fraction of sp³-hybridized carbons (Fsp3) is 0.120. The van der Waals surface area contributed by atoms with Gasteiger partial charge in [0, 0.05) is 16.7 Å². The van der Waals surface area contributed by atoms with Crippen molar-refractivity contribution in [2.45, 2.75) is 6.61 Å². The van der Waals surface area contributed by atoms with Crippen LogP contribution in [0.1, 0.15) is 21.5 Å². The summed E-state index contributed by atoms with van der Waals surface area (Å²) in [6, 6.07) is 22.4. The van der Waals surface area contributed by atoms with E-state index in [1.165, 1.54) is 6.08 Å². The van der Waals surface area contributed by atoms with Crippen LogP contribution in [0.3, 0.4) is 0 Å². The lowest BCUT2D eigenvalue weighted by Gasteiger charge is -2.08. The molecule has 0 spiro atoms. The Kier molecular flexibility index (Phi) is 8.55. The fourth-order valence-corrected chi connectivity index (χ4v) is 3.54. The lowest BCUT2D eigenvalue weighted by Crippen LogP contribution is -2.29. The van der Waals surface area contributed by atoms with E-state index in [9.17, 15) is 18.0 Å². The molecule has 0 radical (unpaired) electrons. The Labute approximate surface area is 198 Å². The highest BCUT2D eigenvalue weighted by atomic mass is 32.2.